The molecule has 20 heavy (non-hydrogen) atoms. The lowest BCUT2D eigenvalue weighted by Crippen LogP contribution is -1.91. The van der Waals surface area contributed by atoms with Gasteiger partial charge < -0.3 is 4.98 Å². The molecule has 2 heterocycles. The number of H-pyrrole nitrogens is 1. The standard InChI is InChI=1S/C14H13ClN4S/c1-8-3-9(2)5-10(4-8)6-20-13-11-12(17-7-16-11)18-14(15)19-13/h3-5,7H,6H2,1-2H3,(H,16,17,18,19). The van der Waals surface area contributed by atoms with E-state index >= 15 is 0 Å². The van der Waals surface area contributed by atoms with E-state index in [4.69, 9.17) is 11.6 Å². The number of imidazole rings is 1. The first-order chi connectivity index (χ1) is 9.61. The van der Waals surface area contributed by atoms with Crippen LogP contribution in [0, 0.1) is 13.8 Å². The van der Waals surface area contributed by atoms with Crippen LogP contribution in [0.3, 0.4) is 0 Å². The molecule has 0 fully saturated rings. The first-order valence-corrected chi connectivity index (χ1v) is 7.55. The summed E-state index contributed by atoms with van der Waals surface area (Å²) in [4.78, 5) is 15.5. The Bertz CT molecular complexity index is 749. The van der Waals surface area contributed by atoms with Gasteiger partial charge in [-0.05, 0) is 31.0 Å². The van der Waals surface area contributed by atoms with Crippen molar-refractivity contribution in [2.75, 3.05) is 0 Å². The number of aryl methyl sites for hydroxylation is 2. The second-order valence-corrected chi connectivity index (χ2v) is 5.99. The molecule has 0 bridgehead atoms. The average Bonchev–Trinajstić information content (AvgIpc) is 2.82. The first-order valence-electron chi connectivity index (χ1n) is 6.18. The predicted molar refractivity (Wildman–Crippen MR) is 82.2 cm³/mol. The van der Waals surface area contributed by atoms with Gasteiger partial charge in [0.05, 0.1) is 6.33 Å². The highest BCUT2D eigenvalue weighted by atomic mass is 35.5. The summed E-state index contributed by atoms with van der Waals surface area (Å²) in [5.74, 6) is 0.837. The number of aromatic amines is 1. The Kier molecular flexibility index (Phi) is 3.63. The number of rotatable bonds is 3. The Morgan fingerprint density at radius 2 is 1.90 bits per heavy atom. The molecule has 3 rings (SSSR count). The molecule has 0 aliphatic rings. The van der Waals surface area contributed by atoms with Gasteiger partial charge in [0.15, 0.2) is 5.65 Å². The summed E-state index contributed by atoms with van der Waals surface area (Å²) < 4.78 is 0. The molecule has 0 radical (unpaired) electrons. The zero-order valence-electron chi connectivity index (χ0n) is 11.1. The van der Waals surface area contributed by atoms with Crippen LogP contribution in [0.25, 0.3) is 11.2 Å². The lowest BCUT2D eigenvalue weighted by atomic mass is 10.1. The summed E-state index contributed by atoms with van der Waals surface area (Å²) in [5, 5.41) is 1.06. The van der Waals surface area contributed by atoms with E-state index in [1.807, 2.05) is 0 Å². The summed E-state index contributed by atoms with van der Waals surface area (Å²) >= 11 is 7.56. The molecule has 1 N–H and O–H groups in total. The van der Waals surface area contributed by atoms with E-state index in [0.717, 1.165) is 16.3 Å². The topological polar surface area (TPSA) is 54.5 Å². The number of thioether (sulfide) groups is 1. The molecule has 6 heteroatoms. The summed E-state index contributed by atoms with van der Waals surface area (Å²) in [6.07, 6.45) is 1.61. The normalized spacial score (nSPS) is 11.2. The largest absolute Gasteiger partial charge is 0.341 e. The Morgan fingerprint density at radius 3 is 2.65 bits per heavy atom. The third-order valence-corrected chi connectivity index (χ3v) is 4.10. The number of benzene rings is 1. The van der Waals surface area contributed by atoms with Crippen molar-refractivity contribution in [3.05, 3.63) is 46.5 Å². The number of nitrogens with zero attached hydrogens (tertiary/aromatic N) is 3. The Labute approximate surface area is 126 Å². The summed E-state index contributed by atoms with van der Waals surface area (Å²) in [6.45, 7) is 4.21. The molecule has 0 aliphatic heterocycles. The van der Waals surface area contributed by atoms with Gasteiger partial charge in [0, 0.05) is 5.75 Å². The van der Waals surface area contributed by atoms with Crippen LogP contribution in [0.15, 0.2) is 29.6 Å². The van der Waals surface area contributed by atoms with Crippen LogP contribution in [0.2, 0.25) is 5.28 Å². The fourth-order valence-electron chi connectivity index (χ4n) is 2.19. The van der Waals surface area contributed by atoms with Crippen LogP contribution in [0.4, 0.5) is 0 Å². The minimum atomic E-state index is 0.229. The average molecular weight is 305 g/mol. The van der Waals surface area contributed by atoms with Crippen molar-refractivity contribution in [3.8, 4) is 0 Å². The zero-order chi connectivity index (χ0) is 14.1. The van der Waals surface area contributed by atoms with E-state index in [1.165, 1.54) is 16.7 Å². The zero-order valence-corrected chi connectivity index (χ0v) is 12.7. The minimum absolute atomic E-state index is 0.229. The van der Waals surface area contributed by atoms with E-state index in [0.29, 0.717) is 5.65 Å². The van der Waals surface area contributed by atoms with Gasteiger partial charge in [-0.3, -0.25) is 0 Å². The number of halogens is 1. The van der Waals surface area contributed by atoms with Gasteiger partial charge in [-0.2, -0.15) is 4.98 Å². The summed E-state index contributed by atoms with van der Waals surface area (Å²) in [6, 6.07) is 6.54. The van der Waals surface area contributed by atoms with E-state index in [9.17, 15) is 0 Å². The lowest BCUT2D eigenvalue weighted by molar-refractivity contribution is 1.08. The number of hydrogen-bond acceptors (Lipinski definition) is 4. The van der Waals surface area contributed by atoms with Gasteiger partial charge in [-0.15, -0.1) is 0 Å². The predicted octanol–water partition coefficient (Wildman–Crippen LogP) is 3.92. The van der Waals surface area contributed by atoms with Crippen molar-refractivity contribution in [1.82, 2.24) is 19.9 Å². The third-order valence-electron chi connectivity index (χ3n) is 2.88. The van der Waals surface area contributed by atoms with Gasteiger partial charge in [0.1, 0.15) is 10.5 Å². The smallest absolute Gasteiger partial charge is 0.225 e. The molecule has 0 aliphatic carbocycles. The van der Waals surface area contributed by atoms with Crippen molar-refractivity contribution in [3.63, 3.8) is 0 Å². The molecule has 4 nitrogen and oxygen atoms in total. The van der Waals surface area contributed by atoms with Crippen molar-refractivity contribution in [2.24, 2.45) is 0 Å². The van der Waals surface area contributed by atoms with Crippen LogP contribution in [-0.4, -0.2) is 19.9 Å². The third kappa shape index (κ3) is 2.78. The van der Waals surface area contributed by atoms with Gasteiger partial charge in [0.25, 0.3) is 0 Å². The quantitative estimate of drug-likeness (QED) is 0.453. The fraction of sp³-hybridized carbons (Fsp3) is 0.214. The van der Waals surface area contributed by atoms with E-state index in [-0.39, 0.29) is 5.28 Å². The Morgan fingerprint density at radius 1 is 1.15 bits per heavy atom. The molecule has 1 aromatic carbocycles. The van der Waals surface area contributed by atoms with Gasteiger partial charge in [0.2, 0.25) is 5.28 Å². The van der Waals surface area contributed by atoms with Crippen LogP contribution in [0.1, 0.15) is 16.7 Å². The second kappa shape index (κ2) is 5.42. The number of hydrogen-bond donors (Lipinski definition) is 1. The first kappa shape index (κ1) is 13.4. The number of fused-ring (bicyclic) bond motifs is 1. The van der Waals surface area contributed by atoms with Gasteiger partial charge >= 0.3 is 0 Å². The molecular formula is C14H13ClN4S. The van der Waals surface area contributed by atoms with Gasteiger partial charge in [-0.1, -0.05) is 41.1 Å². The van der Waals surface area contributed by atoms with Crippen molar-refractivity contribution < 1.29 is 0 Å². The van der Waals surface area contributed by atoms with Crippen molar-refractivity contribution in [1.29, 1.82) is 0 Å². The van der Waals surface area contributed by atoms with Crippen LogP contribution < -0.4 is 0 Å². The molecule has 3 aromatic rings. The molecule has 0 atom stereocenters. The molecule has 0 saturated heterocycles. The lowest BCUT2D eigenvalue weighted by Gasteiger charge is -2.05. The molecule has 0 amide bonds. The highest BCUT2D eigenvalue weighted by Crippen LogP contribution is 2.27. The minimum Gasteiger partial charge on any atom is -0.341 e. The molecule has 2 aromatic heterocycles. The fourth-order valence-corrected chi connectivity index (χ4v) is 3.32. The summed E-state index contributed by atoms with van der Waals surface area (Å²) in [5.41, 5.74) is 5.26. The number of aromatic nitrogens is 4. The number of nitrogens with one attached hydrogen (secondary N) is 1. The summed E-state index contributed by atoms with van der Waals surface area (Å²) in [7, 11) is 0. The van der Waals surface area contributed by atoms with Crippen LogP contribution in [0.5, 0.6) is 0 Å². The monoisotopic (exact) mass is 304 g/mol. The van der Waals surface area contributed by atoms with E-state index in [2.05, 4.69) is 52.0 Å². The molecule has 0 spiro atoms. The Balaban J connectivity index is 1.88. The molecule has 102 valence electrons. The van der Waals surface area contributed by atoms with Gasteiger partial charge in [-0.25, -0.2) is 9.97 Å². The maximum absolute atomic E-state index is 5.92. The highest BCUT2D eigenvalue weighted by molar-refractivity contribution is 7.98. The second-order valence-electron chi connectivity index (χ2n) is 4.68. The van der Waals surface area contributed by atoms with Crippen molar-refractivity contribution >= 4 is 34.5 Å². The van der Waals surface area contributed by atoms with Crippen LogP contribution >= 0.6 is 23.4 Å². The van der Waals surface area contributed by atoms with E-state index < -0.39 is 0 Å². The maximum Gasteiger partial charge on any atom is 0.225 e. The molecule has 0 saturated carbocycles. The van der Waals surface area contributed by atoms with Crippen molar-refractivity contribution in [2.45, 2.75) is 24.6 Å². The maximum atomic E-state index is 5.92. The SMILES string of the molecule is Cc1cc(C)cc(CSc2nc(Cl)nc3nc[nH]c23)c1. The van der Waals surface area contributed by atoms with Crippen LogP contribution in [-0.2, 0) is 5.75 Å². The molecular weight excluding hydrogens is 292 g/mol. The molecule has 0 unspecified atom stereocenters. The Hall–Kier alpha value is -1.59. The highest BCUT2D eigenvalue weighted by Gasteiger charge is 2.09. The van der Waals surface area contributed by atoms with E-state index in [1.54, 1.807) is 18.1 Å².